The molecule has 2 aromatic rings. The van der Waals surface area contributed by atoms with Crippen molar-refractivity contribution in [3.8, 4) is 6.07 Å². The molecular weight excluding hydrogens is 481 g/mol. The number of halogens is 3. The molecule has 12 heteroatoms. The quantitative estimate of drug-likeness (QED) is 0.640. The Hall–Kier alpha value is -3.98. The van der Waals surface area contributed by atoms with Crippen LogP contribution >= 0.6 is 0 Å². The Labute approximate surface area is 204 Å². The van der Waals surface area contributed by atoms with Crippen molar-refractivity contribution in [2.45, 2.75) is 24.6 Å². The third-order valence-corrected chi connectivity index (χ3v) is 6.01. The van der Waals surface area contributed by atoms with Crippen LogP contribution in [0.2, 0.25) is 0 Å². The molecular formula is C24H23F3N4O5. The number of benzene rings is 1. The number of amides is 2. The molecule has 1 aromatic heterocycles. The minimum Gasteiger partial charge on any atom is -0.475 e. The van der Waals surface area contributed by atoms with Gasteiger partial charge in [0.2, 0.25) is 0 Å². The maximum atomic E-state index is 12.7. The summed E-state index contributed by atoms with van der Waals surface area (Å²) in [7, 11) is 0. The third-order valence-electron chi connectivity index (χ3n) is 6.01. The van der Waals surface area contributed by atoms with Crippen molar-refractivity contribution in [2.24, 2.45) is 5.92 Å². The highest BCUT2D eigenvalue weighted by Crippen LogP contribution is 2.42. The second-order valence-electron chi connectivity index (χ2n) is 8.34. The lowest BCUT2D eigenvalue weighted by molar-refractivity contribution is -0.192. The molecule has 2 amide bonds. The number of hydrogen-bond acceptors (Lipinski definition) is 6. The van der Waals surface area contributed by atoms with Gasteiger partial charge in [-0.3, -0.25) is 14.6 Å². The Morgan fingerprint density at radius 1 is 1.19 bits per heavy atom. The van der Waals surface area contributed by atoms with Crippen molar-refractivity contribution < 1.29 is 37.4 Å². The summed E-state index contributed by atoms with van der Waals surface area (Å²) in [6.07, 6.45) is -0.151. The van der Waals surface area contributed by atoms with Gasteiger partial charge in [-0.1, -0.05) is 6.07 Å². The molecule has 1 spiro atoms. The number of nitrogens with zero attached hydrogens (tertiary/aromatic N) is 3. The average Bonchev–Trinajstić information content (AvgIpc) is 3.27. The highest BCUT2D eigenvalue weighted by atomic mass is 19.4. The van der Waals surface area contributed by atoms with Gasteiger partial charge in [0.05, 0.1) is 24.7 Å². The first-order valence-electron chi connectivity index (χ1n) is 11.0. The number of aliphatic carboxylic acids is 1. The summed E-state index contributed by atoms with van der Waals surface area (Å²) in [6.45, 7) is 2.33. The minimum absolute atomic E-state index is 0.0760. The van der Waals surface area contributed by atoms with Crippen LogP contribution < -0.4 is 5.32 Å². The van der Waals surface area contributed by atoms with E-state index in [-0.39, 0.29) is 17.4 Å². The molecule has 1 unspecified atom stereocenters. The number of carboxylic acids is 1. The van der Waals surface area contributed by atoms with Crippen LogP contribution in [0.5, 0.6) is 0 Å². The minimum atomic E-state index is -5.08. The molecule has 2 aliphatic rings. The predicted octanol–water partition coefficient (Wildman–Crippen LogP) is 2.64. The van der Waals surface area contributed by atoms with Crippen LogP contribution in [0.3, 0.4) is 0 Å². The summed E-state index contributed by atoms with van der Waals surface area (Å²) in [5.41, 5.74) is 1.28. The average molecular weight is 504 g/mol. The fourth-order valence-corrected chi connectivity index (χ4v) is 4.16. The van der Waals surface area contributed by atoms with E-state index < -0.39 is 12.1 Å². The molecule has 2 N–H and O–H groups in total. The summed E-state index contributed by atoms with van der Waals surface area (Å²) in [5, 5.41) is 19.1. The van der Waals surface area contributed by atoms with E-state index in [9.17, 15) is 22.8 Å². The maximum absolute atomic E-state index is 12.7. The van der Waals surface area contributed by atoms with E-state index in [1.165, 1.54) is 0 Å². The first-order chi connectivity index (χ1) is 17.1. The first-order valence-corrected chi connectivity index (χ1v) is 11.0. The number of likely N-dealkylation sites (tertiary alicyclic amines) is 1. The number of carboxylic acid groups (broad SMARTS) is 1. The van der Waals surface area contributed by atoms with Gasteiger partial charge >= 0.3 is 12.1 Å². The standard InChI is InChI=1S/C22H22N4O3.C2HF3O2/c23-13-16-2-1-3-18(12-16)21(28)26-14-22(15-26)19(7-11-29-22)6-10-25-20(27)17-4-8-24-9-5-17;3-2(4,5)1(6)7/h1-5,8-9,12,19H,6-7,10-11,14-15H2,(H,25,27);(H,6,7). The first kappa shape index (κ1) is 26.6. The smallest absolute Gasteiger partial charge is 0.475 e. The highest BCUT2D eigenvalue weighted by Gasteiger charge is 2.54. The van der Waals surface area contributed by atoms with E-state index in [0.717, 1.165) is 12.8 Å². The van der Waals surface area contributed by atoms with Crippen LogP contribution in [0.4, 0.5) is 13.2 Å². The number of pyridine rings is 1. The molecule has 9 nitrogen and oxygen atoms in total. The van der Waals surface area contributed by atoms with E-state index in [4.69, 9.17) is 19.9 Å². The molecule has 0 aliphatic carbocycles. The highest BCUT2D eigenvalue weighted by molar-refractivity contribution is 5.95. The van der Waals surface area contributed by atoms with Crippen LogP contribution in [0.1, 0.15) is 39.1 Å². The Bertz CT molecular complexity index is 1140. The maximum Gasteiger partial charge on any atom is 0.490 e. The van der Waals surface area contributed by atoms with Gasteiger partial charge < -0.3 is 20.1 Å². The fourth-order valence-electron chi connectivity index (χ4n) is 4.16. The van der Waals surface area contributed by atoms with Crippen molar-refractivity contribution in [1.29, 1.82) is 5.26 Å². The molecule has 2 saturated heterocycles. The number of carbonyl (C=O) groups is 3. The normalized spacial score (nSPS) is 17.8. The SMILES string of the molecule is N#Cc1cccc(C(=O)N2CC3(C2)OCCC3CCNC(=O)c2ccncc2)c1.O=C(O)C(F)(F)F. The number of nitriles is 1. The molecule has 36 heavy (non-hydrogen) atoms. The van der Waals surface area contributed by atoms with Gasteiger partial charge in [-0.05, 0) is 49.1 Å². The lowest BCUT2D eigenvalue weighted by Crippen LogP contribution is -2.66. The van der Waals surface area contributed by atoms with Gasteiger partial charge in [-0.2, -0.15) is 18.4 Å². The van der Waals surface area contributed by atoms with Gasteiger partial charge in [0, 0.05) is 36.7 Å². The zero-order chi connectivity index (χ0) is 26.3. The van der Waals surface area contributed by atoms with Gasteiger partial charge in [0.1, 0.15) is 5.60 Å². The summed E-state index contributed by atoms with van der Waals surface area (Å²) in [4.78, 5) is 39.4. The number of nitrogens with one attached hydrogen (secondary N) is 1. The third kappa shape index (κ3) is 6.37. The summed E-state index contributed by atoms with van der Waals surface area (Å²) in [5.74, 6) is -2.64. The Morgan fingerprint density at radius 2 is 1.86 bits per heavy atom. The zero-order valence-corrected chi connectivity index (χ0v) is 19.0. The van der Waals surface area contributed by atoms with Gasteiger partial charge in [-0.25, -0.2) is 4.79 Å². The van der Waals surface area contributed by atoms with Gasteiger partial charge in [0.25, 0.3) is 11.8 Å². The lowest BCUT2D eigenvalue weighted by atomic mass is 9.78. The molecule has 3 heterocycles. The Morgan fingerprint density at radius 3 is 2.47 bits per heavy atom. The number of hydrogen-bond donors (Lipinski definition) is 2. The topological polar surface area (TPSA) is 133 Å². The van der Waals surface area contributed by atoms with Crippen LogP contribution in [0.15, 0.2) is 48.8 Å². The zero-order valence-electron chi connectivity index (χ0n) is 19.0. The fraction of sp³-hybridized carbons (Fsp3) is 0.375. The molecule has 1 atom stereocenters. The lowest BCUT2D eigenvalue weighted by Gasteiger charge is -2.50. The van der Waals surface area contributed by atoms with E-state index in [0.29, 0.717) is 48.8 Å². The Balaban J connectivity index is 0.000000454. The number of rotatable bonds is 5. The monoisotopic (exact) mass is 504 g/mol. The number of carbonyl (C=O) groups excluding carboxylic acids is 2. The van der Waals surface area contributed by atoms with Crippen LogP contribution in [0.25, 0.3) is 0 Å². The summed E-state index contributed by atoms with van der Waals surface area (Å²) in [6, 6.07) is 12.2. The van der Waals surface area contributed by atoms with E-state index >= 15 is 0 Å². The predicted molar refractivity (Wildman–Crippen MR) is 119 cm³/mol. The number of alkyl halides is 3. The van der Waals surface area contributed by atoms with Gasteiger partial charge in [0.15, 0.2) is 0 Å². The summed E-state index contributed by atoms with van der Waals surface area (Å²) < 4.78 is 37.8. The van der Waals surface area contributed by atoms with Crippen LogP contribution in [-0.4, -0.2) is 70.8 Å². The molecule has 2 aliphatic heterocycles. The number of aromatic nitrogens is 1. The molecule has 190 valence electrons. The number of ether oxygens (including phenoxy) is 1. The molecule has 0 saturated carbocycles. The van der Waals surface area contributed by atoms with Gasteiger partial charge in [-0.15, -0.1) is 0 Å². The molecule has 0 radical (unpaired) electrons. The van der Waals surface area contributed by atoms with E-state index in [1.54, 1.807) is 53.7 Å². The van der Waals surface area contributed by atoms with Crippen LogP contribution in [0, 0.1) is 17.2 Å². The van der Waals surface area contributed by atoms with Crippen molar-refractivity contribution in [3.63, 3.8) is 0 Å². The van der Waals surface area contributed by atoms with Crippen LogP contribution in [-0.2, 0) is 9.53 Å². The molecule has 0 bridgehead atoms. The van der Waals surface area contributed by atoms with Crippen molar-refractivity contribution in [3.05, 3.63) is 65.5 Å². The summed E-state index contributed by atoms with van der Waals surface area (Å²) >= 11 is 0. The molecule has 2 fully saturated rings. The van der Waals surface area contributed by atoms with Crippen molar-refractivity contribution in [2.75, 3.05) is 26.2 Å². The second kappa shape index (κ2) is 11.2. The van der Waals surface area contributed by atoms with E-state index in [1.807, 2.05) is 0 Å². The van der Waals surface area contributed by atoms with Crippen molar-refractivity contribution >= 4 is 17.8 Å². The van der Waals surface area contributed by atoms with Crippen molar-refractivity contribution in [1.82, 2.24) is 15.2 Å². The molecule has 1 aromatic carbocycles. The Kier molecular flexibility index (Phi) is 8.26. The largest absolute Gasteiger partial charge is 0.490 e. The second-order valence-corrected chi connectivity index (χ2v) is 8.34. The van der Waals surface area contributed by atoms with E-state index in [2.05, 4.69) is 16.4 Å². The molecule has 4 rings (SSSR count).